The molecule has 0 fully saturated rings. The van der Waals surface area contributed by atoms with Crippen LogP contribution in [-0.4, -0.2) is 16.6 Å². The molecule has 7 heteroatoms. The molecular weight excluding hydrogens is 302 g/mol. The van der Waals surface area contributed by atoms with Crippen LogP contribution in [0, 0.1) is 6.92 Å². The lowest BCUT2D eigenvalue weighted by atomic mass is 10.3. The van der Waals surface area contributed by atoms with Crippen LogP contribution in [0.2, 0.25) is 0 Å². The number of benzene rings is 1. The van der Waals surface area contributed by atoms with Gasteiger partial charge in [0, 0.05) is 16.0 Å². The first-order valence-corrected chi connectivity index (χ1v) is 7.54. The molecule has 106 valence electrons. The van der Waals surface area contributed by atoms with E-state index in [1.165, 1.54) is 11.3 Å². The van der Waals surface area contributed by atoms with Crippen molar-refractivity contribution in [2.75, 3.05) is 5.32 Å². The highest BCUT2D eigenvalue weighted by molar-refractivity contribution is 7.99. The maximum atomic E-state index is 12.2. The summed E-state index contributed by atoms with van der Waals surface area (Å²) in [7, 11) is 0. The normalized spacial score (nSPS) is 10.8. The number of rotatable bonds is 5. The Kier molecular flexibility index (Phi) is 5.08. The largest absolute Gasteiger partial charge is 0.326 e. The van der Waals surface area contributed by atoms with Crippen LogP contribution < -0.4 is 5.32 Å². The number of nitrogens with one attached hydrogen (secondary N) is 1. The van der Waals surface area contributed by atoms with E-state index in [1.807, 2.05) is 12.3 Å². The van der Waals surface area contributed by atoms with Crippen LogP contribution in [0.3, 0.4) is 0 Å². The van der Waals surface area contributed by atoms with E-state index in [1.54, 1.807) is 24.3 Å². The smallest absolute Gasteiger partial charge is 0.288 e. The van der Waals surface area contributed by atoms with Crippen LogP contribution in [-0.2, 0) is 11.2 Å². The van der Waals surface area contributed by atoms with Gasteiger partial charge in [0.2, 0.25) is 5.91 Å². The summed E-state index contributed by atoms with van der Waals surface area (Å²) in [6, 6.07) is 6.32. The van der Waals surface area contributed by atoms with Crippen molar-refractivity contribution in [3.8, 4) is 0 Å². The van der Waals surface area contributed by atoms with Gasteiger partial charge in [-0.25, -0.2) is 4.98 Å². The number of thioether (sulfide) groups is 1. The molecule has 0 bridgehead atoms. The van der Waals surface area contributed by atoms with Crippen LogP contribution in [0.25, 0.3) is 0 Å². The molecule has 2 rings (SSSR count). The molecule has 0 saturated heterocycles. The van der Waals surface area contributed by atoms with E-state index in [0.717, 1.165) is 10.7 Å². The number of carbonyl (C=O) groups excluding carboxylic acids is 1. The maximum Gasteiger partial charge on any atom is 0.288 e. The molecule has 0 unspecified atom stereocenters. The standard InChI is InChI=1S/C13H12F2N2OS2/c1-8-16-10(7-19-8)6-12(18)17-9-2-4-11(5-3-9)20-13(14)15/h2-5,7,13H,6H2,1H3,(H,17,18). The zero-order chi connectivity index (χ0) is 14.5. The summed E-state index contributed by atoms with van der Waals surface area (Å²) < 4.78 is 24.3. The Labute approximate surface area is 123 Å². The third-order valence-electron chi connectivity index (χ3n) is 2.37. The zero-order valence-electron chi connectivity index (χ0n) is 10.6. The van der Waals surface area contributed by atoms with Crippen molar-refractivity contribution >= 4 is 34.7 Å². The topological polar surface area (TPSA) is 42.0 Å². The zero-order valence-corrected chi connectivity index (χ0v) is 12.2. The first-order valence-electron chi connectivity index (χ1n) is 5.78. The van der Waals surface area contributed by atoms with Gasteiger partial charge in [-0.1, -0.05) is 11.8 Å². The van der Waals surface area contributed by atoms with Gasteiger partial charge in [-0.05, 0) is 31.2 Å². The van der Waals surface area contributed by atoms with E-state index in [4.69, 9.17) is 0 Å². The first kappa shape index (κ1) is 14.9. The van der Waals surface area contributed by atoms with E-state index in [0.29, 0.717) is 22.3 Å². The van der Waals surface area contributed by atoms with Crippen molar-refractivity contribution in [1.82, 2.24) is 4.98 Å². The molecule has 0 aliphatic rings. The number of anilines is 1. The summed E-state index contributed by atoms with van der Waals surface area (Å²) in [5, 5.41) is 5.47. The van der Waals surface area contributed by atoms with Crippen molar-refractivity contribution in [3.05, 3.63) is 40.3 Å². The summed E-state index contributed by atoms with van der Waals surface area (Å²) in [6.07, 6.45) is 0.206. The fourth-order valence-electron chi connectivity index (χ4n) is 1.58. The number of alkyl halides is 2. The Morgan fingerprint density at radius 1 is 1.40 bits per heavy atom. The van der Waals surface area contributed by atoms with Crippen LogP contribution in [0.15, 0.2) is 34.5 Å². The lowest BCUT2D eigenvalue weighted by molar-refractivity contribution is -0.115. The number of nitrogens with zero attached hydrogens (tertiary/aromatic N) is 1. The van der Waals surface area contributed by atoms with E-state index < -0.39 is 5.76 Å². The third-order valence-corrected chi connectivity index (χ3v) is 3.92. The first-order chi connectivity index (χ1) is 9.52. The minimum Gasteiger partial charge on any atom is -0.326 e. The van der Waals surface area contributed by atoms with Crippen LogP contribution in [0.5, 0.6) is 0 Å². The van der Waals surface area contributed by atoms with Gasteiger partial charge < -0.3 is 5.32 Å². The summed E-state index contributed by atoms with van der Waals surface area (Å²) in [5.41, 5.74) is 1.32. The number of thiazole rings is 1. The SMILES string of the molecule is Cc1nc(CC(=O)Nc2ccc(SC(F)F)cc2)cs1. The molecule has 1 N–H and O–H groups in total. The molecule has 0 radical (unpaired) electrons. The van der Waals surface area contributed by atoms with Gasteiger partial charge in [-0.2, -0.15) is 8.78 Å². The summed E-state index contributed by atoms with van der Waals surface area (Å²) in [4.78, 5) is 16.5. The van der Waals surface area contributed by atoms with Crippen molar-refractivity contribution in [2.45, 2.75) is 24.0 Å². The second-order valence-electron chi connectivity index (χ2n) is 3.99. The molecule has 1 aromatic carbocycles. The average Bonchev–Trinajstić information content (AvgIpc) is 2.76. The van der Waals surface area contributed by atoms with Crippen molar-refractivity contribution in [3.63, 3.8) is 0 Å². The summed E-state index contributed by atoms with van der Waals surface area (Å²) in [6.45, 7) is 1.88. The molecule has 0 aliphatic carbocycles. The van der Waals surface area contributed by atoms with E-state index in [9.17, 15) is 13.6 Å². The number of aromatic nitrogens is 1. The van der Waals surface area contributed by atoms with E-state index in [2.05, 4.69) is 10.3 Å². The minimum atomic E-state index is -2.44. The number of halogens is 2. The van der Waals surface area contributed by atoms with Crippen LogP contribution in [0.4, 0.5) is 14.5 Å². The quantitative estimate of drug-likeness (QED) is 0.850. The van der Waals surface area contributed by atoms with Gasteiger partial charge in [-0.3, -0.25) is 4.79 Å². The molecule has 20 heavy (non-hydrogen) atoms. The number of hydrogen-bond acceptors (Lipinski definition) is 4. The van der Waals surface area contributed by atoms with Gasteiger partial charge in [0.25, 0.3) is 5.76 Å². The molecule has 0 spiro atoms. The molecule has 0 aliphatic heterocycles. The van der Waals surface area contributed by atoms with Crippen LogP contribution in [0.1, 0.15) is 10.7 Å². The maximum absolute atomic E-state index is 12.2. The van der Waals surface area contributed by atoms with Crippen molar-refractivity contribution < 1.29 is 13.6 Å². The van der Waals surface area contributed by atoms with E-state index >= 15 is 0 Å². The molecule has 1 heterocycles. The molecule has 3 nitrogen and oxygen atoms in total. The Morgan fingerprint density at radius 2 is 2.10 bits per heavy atom. The Balaban J connectivity index is 1.91. The molecular formula is C13H12F2N2OS2. The van der Waals surface area contributed by atoms with Gasteiger partial charge in [0.1, 0.15) is 0 Å². The average molecular weight is 314 g/mol. The van der Waals surface area contributed by atoms with Gasteiger partial charge in [-0.15, -0.1) is 11.3 Å². The summed E-state index contributed by atoms with van der Waals surface area (Å²) in [5.74, 6) is -2.62. The summed E-state index contributed by atoms with van der Waals surface area (Å²) >= 11 is 1.97. The fourth-order valence-corrected chi connectivity index (χ4v) is 2.69. The predicted octanol–water partition coefficient (Wildman–Crippen LogP) is 3.95. The number of aryl methyl sites for hydroxylation is 1. The predicted molar refractivity (Wildman–Crippen MR) is 77.5 cm³/mol. The minimum absolute atomic E-state index is 0.176. The van der Waals surface area contributed by atoms with Gasteiger partial charge in [0.15, 0.2) is 0 Å². The number of hydrogen-bond donors (Lipinski definition) is 1. The second kappa shape index (κ2) is 6.81. The Bertz CT molecular complexity index is 584. The second-order valence-corrected chi connectivity index (χ2v) is 6.11. The van der Waals surface area contributed by atoms with Crippen molar-refractivity contribution in [2.24, 2.45) is 0 Å². The highest BCUT2D eigenvalue weighted by atomic mass is 32.2. The molecule has 0 atom stereocenters. The molecule has 1 amide bonds. The van der Waals surface area contributed by atoms with Gasteiger partial charge >= 0.3 is 0 Å². The number of carbonyl (C=O) groups is 1. The highest BCUT2D eigenvalue weighted by Gasteiger charge is 2.08. The molecule has 2 aromatic rings. The van der Waals surface area contributed by atoms with E-state index in [-0.39, 0.29) is 12.3 Å². The lowest BCUT2D eigenvalue weighted by Crippen LogP contribution is -2.14. The van der Waals surface area contributed by atoms with Crippen LogP contribution >= 0.6 is 23.1 Å². The monoisotopic (exact) mass is 314 g/mol. The van der Waals surface area contributed by atoms with Crippen molar-refractivity contribution in [1.29, 1.82) is 0 Å². The lowest BCUT2D eigenvalue weighted by Gasteiger charge is -2.05. The number of amides is 1. The fraction of sp³-hybridized carbons (Fsp3) is 0.231. The highest BCUT2D eigenvalue weighted by Crippen LogP contribution is 2.26. The molecule has 1 aromatic heterocycles. The Morgan fingerprint density at radius 3 is 2.65 bits per heavy atom. The molecule has 0 saturated carbocycles. The van der Waals surface area contributed by atoms with Gasteiger partial charge in [0.05, 0.1) is 17.1 Å². The third kappa shape index (κ3) is 4.57. The Hall–Kier alpha value is -1.47.